The summed E-state index contributed by atoms with van der Waals surface area (Å²) in [6.07, 6.45) is 3.29. The van der Waals surface area contributed by atoms with E-state index in [1.165, 1.54) is 4.90 Å². The molecule has 114 valence electrons. The Bertz CT molecular complexity index is 352. The van der Waals surface area contributed by atoms with E-state index in [-0.39, 0.29) is 18.4 Å². The Labute approximate surface area is 118 Å². The summed E-state index contributed by atoms with van der Waals surface area (Å²) in [6.45, 7) is 1.36. The first-order valence-corrected chi connectivity index (χ1v) is 7.03. The Kier molecular flexibility index (Phi) is 7.00. The van der Waals surface area contributed by atoms with Crippen LogP contribution in [-0.4, -0.2) is 54.0 Å². The first kappa shape index (κ1) is 16.4. The number of likely N-dealkylation sites (tertiary alicyclic amines) is 1. The molecule has 0 radical (unpaired) electrons. The van der Waals surface area contributed by atoms with Gasteiger partial charge in [0.1, 0.15) is 0 Å². The molecule has 0 saturated carbocycles. The number of amides is 3. The summed E-state index contributed by atoms with van der Waals surface area (Å²) in [4.78, 5) is 36.0. The number of carbonyl (C=O) groups excluding carboxylic acids is 3. The van der Waals surface area contributed by atoms with E-state index in [0.29, 0.717) is 38.9 Å². The number of primary amides is 1. The lowest BCUT2D eigenvalue weighted by Crippen LogP contribution is -2.47. The number of nitrogens with two attached hydrogens (primary N) is 1. The van der Waals surface area contributed by atoms with Gasteiger partial charge in [0.2, 0.25) is 5.91 Å². The van der Waals surface area contributed by atoms with Gasteiger partial charge in [-0.1, -0.05) is 0 Å². The number of nitrogens with one attached hydrogen (secondary N) is 1. The number of unbranched alkanes of at least 4 members (excludes halogenated alkanes) is 2. The van der Waals surface area contributed by atoms with Crippen LogP contribution in [0.25, 0.3) is 0 Å². The molecule has 3 amide bonds. The highest BCUT2D eigenvalue weighted by molar-refractivity contribution is 6.35. The summed E-state index contributed by atoms with van der Waals surface area (Å²) in [5.41, 5.74) is 5.21. The van der Waals surface area contributed by atoms with Gasteiger partial charge in [-0.25, -0.2) is 0 Å². The van der Waals surface area contributed by atoms with Gasteiger partial charge in [0.25, 0.3) is 0 Å². The minimum atomic E-state index is -0.605. The third-order valence-corrected chi connectivity index (χ3v) is 3.50. The number of nitrogens with zero attached hydrogens (tertiary/aromatic N) is 1. The van der Waals surface area contributed by atoms with Crippen LogP contribution in [0, 0.1) is 5.92 Å². The van der Waals surface area contributed by atoms with Crippen LogP contribution in [0.4, 0.5) is 0 Å². The topological polar surface area (TPSA) is 113 Å². The Balaban J connectivity index is 2.24. The molecule has 0 aromatic rings. The van der Waals surface area contributed by atoms with Gasteiger partial charge >= 0.3 is 11.8 Å². The minimum absolute atomic E-state index is 0.141. The first-order chi connectivity index (χ1) is 9.56. The first-order valence-electron chi connectivity index (χ1n) is 7.03. The molecular formula is C13H23N3O4. The minimum Gasteiger partial charge on any atom is -0.396 e. The fraction of sp³-hybridized carbons (Fsp3) is 0.769. The van der Waals surface area contributed by atoms with Crippen LogP contribution in [-0.2, 0) is 14.4 Å². The molecule has 4 N–H and O–H groups in total. The van der Waals surface area contributed by atoms with Gasteiger partial charge in [0, 0.05) is 32.2 Å². The molecule has 0 aromatic heterocycles. The van der Waals surface area contributed by atoms with E-state index in [2.05, 4.69) is 5.32 Å². The quantitative estimate of drug-likeness (QED) is 0.428. The van der Waals surface area contributed by atoms with E-state index in [0.717, 1.165) is 12.8 Å². The predicted octanol–water partition coefficient (Wildman–Crippen LogP) is -1.01. The van der Waals surface area contributed by atoms with Crippen LogP contribution in [0.5, 0.6) is 0 Å². The van der Waals surface area contributed by atoms with E-state index in [9.17, 15) is 14.4 Å². The largest absolute Gasteiger partial charge is 0.396 e. The molecule has 0 unspecified atom stereocenters. The average molecular weight is 285 g/mol. The number of rotatable bonds is 6. The zero-order chi connectivity index (χ0) is 15.0. The van der Waals surface area contributed by atoms with Gasteiger partial charge in [0.05, 0.1) is 0 Å². The normalized spacial score (nSPS) is 15.9. The lowest BCUT2D eigenvalue weighted by molar-refractivity contribution is -0.147. The van der Waals surface area contributed by atoms with E-state index in [4.69, 9.17) is 10.8 Å². The van der Waals surface area contributed by atoms with Gasteiger partial charge in [-0.15, -0.1) is 0 Å². The van der Waals surface area contributed by atoms with Gasteiger partial charge in [-0.3, -0.25) is 14.4 Å². The van der Waals surface area contributed by atoms with Crippen molar-refractivity contribution in [3.63, 3.8) is 0 Å². The molecule has 1 aliphatic heterocycles. The second-order valence-corrected chi connectivity index (χ2v) is 5.01. The number of piperidine rings is 1. The molecule has 1 rings (SSSR count). The van der Waals surface area contributed by atoms with E-state index in [1.54, 1.807) is 0 Å². The SMILES string of the molecule is NC(=O)C1CCN(C(=O)C(=O)NCCCCCO)CC1. The highest BCUT2D eigenvalue weighted by atomic mass is 16.3. The lowest BCUT2D eigenvalue weighted by atomic mass is 9.96. The summed E-state index contributed by atoms with van der Waals surface area (Å²) < 4.78 is 0. The molecule has 20 heavy (non-hydrogen) atoms. The van der Waals surface area contributed by atoms with Crippen molar-refractivity contribution < 1.29 is 19.5 Å². The van der Waals surface area contributed by atoms with Gasteiger partial charge in [-0.05, 0) is 32.1 Å². The zero-order valence-electron chi connectivity index (χ0n) is 11.6. The maximum absolute atomic E-state index is 11.9. The third kappa shape index (κ3) is 5.16. The van der Waals surface area contributed by atoms with Crippen LogP contribution in [0.3, 0.4) is 0 Å². The van der Waals surface area contributed by atoms with Crippen molar-refractivity contribution in [1.29, 1.82) is 0 Å². The molecular weight excluding hydrogens is 262 g/mol. The maximum Gasteiger partial charge on any atom is 0.311 e. The highest BCUT2D eigenvalue weighted by Gasteiger charge is 2.28. The summed E-state index contributed by atoms with van der Waals surface area (Å²) >= 11 is 0. The van der Waals surface area contributed by atoms with Crippen LogP contribution in [0.1, 0.15) is 32.1 Å². The fourth-order valence-electron chi connectivity index (χ4n) is 2.20. The number of hydrogen-bond donors (Lipinski definition) is 3. The molecule has 7 heteroatoms. The van der Waals surface area contributed by atoms with E-state index >= 15 is 0 Å². The van der Waals surface area contributed by atoms with Crippen molar-refractivity contribution >= 4 is 17.7 Å². The van der Waals surface area contributed by atoms with Crippen molar-refractivity contribution in [2.75, 3.05) is 26.2 Å². The molecule has 7 nitrogen and oxygen atoms in total. The second kappa shape index (κ2) is 8.52. The average Bonchev–Trinajstić information content (AvgIpc) is 2.46. The molecule has 0 spiro atoms. The maximum atomic E-state index is 11.9. The van der Waals surface area contributed by atoms with Crippen LogP contribution >= 0.6 is 0 Å². The van der Waals surface area contributed by atoms with Gasteiger partial charge < -0.3 is 21.1 Å². The second-order valence-electron chi connectivity index (χ2n) is 5.01. The van der Waals surface area contributed by atoms with Crippen LogP contribution in [0.2, 0.25) is 0 Å². The van der Waals surface area contributed by atoms with Crippen LogP contribution < -0.4 is 11.1 Å². The Morgan fingerprint density at radius 3 is 2.35 bits per heavy atom. The molecule has 1 saturated heterocycles. The van der Waals surface area contributed by atoms with E-state index in [1.807, 2.05) is 0 Å². The summed E-state index contributed by atoms with van der Waals surface area (Å²) in [7, 11) is 0. The Hall–Kier alpha value is -1.63. The summed E-state index contributed by atoms with van der Waals surface area (Å²) in [5.74, 6) is -1.69. The summed E-state index contributed by atoms with van der Waals surface area (Å²) in [5, 5.41) is 11.2. The molecule has 0 atom stereocenters. The van der Waals surface area contributed by atoms with Crippen molar-refractivity contribution in [3.8, 4) is 0 Å². The smallest absolute Gasteiger partial charge is 0.311 e. The number of carbonyl (C=O) groups is 3. The molecule has 0 bridgehead atoms. The lowest BCUT2D eigenvalue weighted by Gasteiger charge is -2.29. The zero-order valence-corrected chi connectivity index (χ0v) is 11.6. The van der Waals surface area contributed by atoms with Gasteiger partial charge in [-0.2, -0.15) is 0 Å². The number of aliphatic hydroxyl groups is 1. The van der Waals surface area contributed by atoms with Crippen LogP contribution in [0.15, 0.2) is 0 Å². The van der Waals surface area contributed by atoms with Gasteiger partial charge in [0.15, 0.2) is 0 Å². The summed E-state index contributed by atoms with van der Waals surface area (Å²) in [6, 6.07) is 0. The third-order valence-electron chi connectivity index (χ3n) is 3.50. The van der Waals surface area contributed by atoms with Crippen molar-refractivity contribution in [2.24, 2.45) is 11.7 Å². The number of hydrogen-bond acceptors (Lipinski definition) is 4. The number of aliphatic hydroxyl groups excluding tert-OH is 1. The standard InChI is InChI=1S/C13H23N3O4/c14-11(18)10-4-7-16(8-5-10)13(20)12(19)15-6-2-1-3-9-17/h10,17H,1-9H2,(H2,14,18)(H,15,19). The predicted molar refractivity (Wildman–Crippen MR) is 72.4 cm³/mol. The van der Waals surface area contributed by atoms with E-state index < -0.39 is 11.8 Å². The Morgan fingerprint density at radius 1 is 1.15 bits per heavy atom. The highest BCUT2D eigenvalue weighted by Crippen LogP contribution is 2.16. The monoisotopic (exact) mass is 285 g/mol. The fourth-order valence-corrected chi connectivity index (χ4v) is 2.20. The molecule has 0 aliphatic carbocycles. The molecule has 1 aliphatic rings. The molecule has 0 aromatic carbocycles. The van der Waals surface area contributed by atoms with Crippen molar-refractivity contribution in [3.05, 3.63) is 0 Å². The van der Waals surface area contributed by atoms with Crippen molar-refractivity contribution in [1.82, 2.24) is 10.2 Å². The molecule has 1 heterocycles. The Morgan fingerprint density at radius 2 is 1.80 bits per heavy atom. The van der Waals surface area contributed by atoms with Crippen molar-refractivity contribution in [2.45, 2.75) is 32.1 Å². The molecule has 1 fully saturated rings.